The van der Waals surface area contributed by atoms with E-state index in [4.69, 9.17) is 4.74 Å². The lowest BCUT2D eigenvalue weighted by Gasteiger charge is -2.42. The highest BCUT2D eigenvalue weighted by atomic mass is 16.5. The minimum Gasteiger partial charge on any atom is -0.369 e. The van der Waals surface area contributed by atoms with E-state index in [1.54, 1.807) is 6.33 Å². The van der Waals surface area contributed by atoms with E-state index < -0.39 is 0 Å². The summed E-state index contributed by atoms with van der Waals surface area (Å²) in [5.41, 5.74) is 1.98. The van der Waals surface area contributed by atoms with Crippen molar-refractivity contribution in [3.05, 3.63) is 23.8 Å². The summed E-state index contributed by atoms with van der Waals surface area (Å²) in [5, 5.41) is 0. The van der Waals surface area contributed by atoms with Crippen LogP contribution >= 0.6 is 0 Å². The first-order chi connectivity index (χ1) is 10.4. The quantitative estimate of drug-likeness (QED) is 0.811. The van der Waals surface area contributed by atoms with Crippen LogP contribution in [-0.4, -0.2) is 63.6 Å². The molecule has 2 aliphatic heterocycles. The van der Waals surface area contributed by atoms with Crippen LogP contribution in [0.25, 0.3) is 0 Å². The SMILES string of the molecule is CC1CN(C(=O)CN2CCc3ncncc3C2)CC(C)(C)O1. The Morgan fingerprint density at radius 3 is 3.09 bits per heavy atom. The van der Waals surface area contributed by atoms with Gasteiger partial charge in [-0.15, -0.1) is 0 Å². The highest BCUT2D eigenvalue weighted by Gasteiger charge is 2.34. The van der Waals surface area contributed by atoms with Crippen molar-refractivity contribution < 1.29 is 9.53 Å². The van der Waals surface area contributed by atoms with E-state index in [1.807, 2.05) is 31.9 Å². The summed E-state index contributed by atoms with van der Waals surface area (Å²) >= 11 is 0. The Labute approximate surface area is 131 Å². The average molecular weight is 304 g/mol. The Kier molecular flexibility index (Phi) is 4.14. The molecule has 6 nitrogen and oxygen atoms in total. The zero-order chi connectivity index (χ0) is 15.7. The minimum atomic E-state index is -0.268. The summed E-state index contributed by atoms with van der Waals surface area (Å²) in [5.74, 6) is 0.184. The van der Waals surface area contributed by atoms with E-state index in [2.05, 4.69) is 14.9 Å². The first-order valence-corrected chi connectivity index (χ1v) is 7.89. The van der Waals surface area contributed by atoms with Crippen LogP contribution in [0.1, 0.15) is 32.0 Å². The molecule has 1 saturated heterocycles. The molecule has 3 heterocycles. The maximum absolute atomic E-state index is 12.6. The molecule has 1 unspecified atom stereocenters. The lowest BCUT2D eigenvalue weighted by molar-refractivity contribution is -0.159. The summed E-state index contributed by atoms with van der Waals surface area (Å²) < 4.78 is 5.87. The Hall–Kier alpha value is -1.53. The van der Waals surface area contributed by atoms with Crippen LogP contribution in [-0.2, 0) is 22.5 Å². The Balaban J connectivity index is 1.61. The molecule has 1 atom stereocenters. The lowest BCUT2D eigenvalue weighted by Crippen LogP contribution is -2.55. The molecule has 120 valence electrons. The van der Waals surface area contributed by atoms with Crippen molar-refractivity contribution >= 4 is 5.91 Å². The van der Waals surface area contributed by atoms with Crippen LogP contribution in [0.5, 0.6) is 0 Å². The van der Waals surface area contributed by atoms with Crippen molar-refractivity contribution in [1.82, 2.24) is 19.8 Å². The Morgan fingerprint density at radius 2 is 2.32 bits per heavy atom. The van der Waals surface area contributed by atoms with Crippen LogP contribution in [0, 0.1) is 0 Å². The monoisotopic (exact) mass is 304 g/mol. The van der Waals surface area contributed by atoms with E-state index in [1.165, 1.54) is 0 Å². The number of carbonyl (C=O) groups excluding carboxylic acids is 1. The van der Waals surface area contributed by atoms with E-state index in [9.17, 15) is 4.79 Å². The summed E-state index contributed by atoms with van der Waals surface area (Å²) in [6.07, 6.45) is 4.43. The summed E-state index contributed by atoms with van der Waals surface area (Å²) in [7, 11) is 0. The van der Waals surface area contributed by atoms with E-state index in [-0.39, 0.29) is 17.6 Å². The molecular formula is C16H24N4O2. The number of carbonyl (C=O) groups is 1. The molecule has 0 radical (unpaired) electrons. The van der Waals surface area contributed by atoms with Crippen LogP contribution < -0.4 is 0 Å². The molecule has 0 saturated carbocycles. The zero-order valence-electron chi connectivity index (χ0n) is 13.6. The number of rotatable bonds is 2. The van der Waals surface area contributed by atoms with Crippen molar-refractivity contribution in [1.29, 1.82) is 0 Å². The molecule has 0 aliphatic carbocycles. The molecule has 6 heteroatoms. The second kappa shape index (κ2) is 5.93. The Bertz CT molecular complexity index is 561. The average Bonchev–Trinajstić information content (AvgIpc) is 2.45. The van der Waals surface area contributed by atoms with Gasteiger partial charge in [0.25, 0.3) is 0 Å². The van der Waals surface area contributed by atoms with E-state index >= 15 is 0 Å². The molecule has 2 aliphatic rings. The standard InChI is InChI=1S/C16H24N4O2/c1-12-7-20(10-16(2,3)22-12)15(21)9-19-5-4-14-13(8-19)6-17-11-18-14/h6,11-12H,4-5,7-10H2,1-3H3. The molecule has 22 heavy (non-hydrogen) atoms. The van der Waals surface area contributed by atoms with Gasteiger partial charge in [-0.25, -0.2) is 9.97 Å². The number of morpholine rings is 1. The van der Waals surface area contributed by atoms with Crippen LogP contribution in [0.2, 0.25) is 0 Å². The second-order valence-electron chi connectivity index (χ2n) is 6.92. The molecule has 0 N–H and O–H groups in total. The van der Waals surface area contributed by atoms with Gasteiger partial charge in [-0.2, -0.15) is 0 Å². The maximum atomic E-state index is 12.6. The second-order valence-corrected chi connectivity index (χ2v) is 6.92. The van der Waals surface area contributed by atoms with Gasteiger partial charge >= 0.3 is 0 Å². The summed E-state index contributed by atoms with van der Waals surface area (Å²) in [6, 6.07) is 0. The van der Waals surface area contributed by atoms with Gasteiger partial charge in [0.05, 0.1) is 18.2 Å². The number of ether oxygens (including phenoxy) is 1. The maximum Gasteiger partial charge on any atom is 0.236 e. The third kappa shape index (κ3) is 3.44. The van der Waals surface area contributed by atoms with Gasteiger partial charge in [0.1, 0.15) is 6.33 Å². The number of fused-ring (bicyclic) bond motifs is 1. The molecule has 3 rings (SSSR count). The first-order valence-electron chi connectivity index (χ1n) is 7.89. The Morgan fingerprint density at radius 1 is 1.50 bits per heavy atom. The van der Waals surface area contributed by atoms with Crippen LogP contribution in [0.3, 0.4) is 0 Å². The molecule has 1 fully saturated rings. The summed E-state index contributed by atoms with van der Waals surface area (Å²) in [6.45, 7) is 9.52. The van der Waals surface area contributed by atoms with Gasteiger partial charge in [0.15, 0.2) is 0 Å². The normalized spacial score (nSPS) is 24.9. The molecule has 0 spiro atoms. The topological polar surface area (TPSA) is 58.6 Å². The molecule has 1 aromatic rings. The minimum absolute atomic E-state index is 0.0863. The smallest absolute Gasteiger partial charge is 0.236 e. The lowest BCUT2D eigenvalue weighted by atomic mass is 10.0. The number of nitrogens with zero attached hydrogens (tertiary/aromatic N) is 4. The van der Waals surface area contributed by atoms with Gasteiger partial charge in [-0.05, 0) is 20.8 Å². The van der Waals surface area contributed by atoms with Gasteiger partial charge in [-0.1, -0.05) is 0 Å². The van der Waals surface area contributed by atoms with Gasteiger partial charge < -0.3 is 9.64 Å². The predicted molar refractivity (Wildman–Crippen MR) is 82.2 cm³/mol. The number of hydrogen-bond donors (Lipinski definition) is 0. The summed E-state index contributed by atoms with van der Waals surface area (Å²) in [4.78, 5) is 25.1. The van der Waals surface area contributed by atoms with Gasteiger partial charge in [0.2, 0.25) is 5.91 Å². The molecule has 0 bridgehead atoms. The highest BCUT2D eigenvalue weighted by Crippen LogP contribution is 2.21. The largest absolute Gasteiger partial charge is 0.369 e. The fourth-order valence-corrected chi connectivity index (χ4v) is 3.39. The van der Waals surface area contributed by atoms with Crippen LogP contribution in [0.15, 0.2) is 12.5 Å². The van der Waals surface area contributed by atoms with Gasteiger partial charge in [0, 0.05) is 50.1 Å². The third-order valence-electron chi connectivity index (χ3n) is 4.22. The van der Waals surface area contributed by atoms with Gasteiger partial charge in [-0.3, -0.25) is 9.69 Å². The van der Waals surface area contributed by atoms with Crippen molar-refractivity contribution in [3.8, 4) is 0 Å². The highest BCUT2D eigenvalue weighted by molar-refractivity contribution is 5.78. The molecule has 1 amide bonds. The van der Waals surface area contributed by atoms with Crippen molar-refractivity contribution in [3.63, 3.8) is 0 Å². The third-order valence-corrected chi connectivity index (χ3v) is 4.22. The first kappa shape index (κ1) is 15.4. The number of amides is 1. The molecule has 0 aromatic carbocycles. The molecular weight excluding hydrogens is 280 g/mol. The fraction of sp³-hybridized carbons (Fsp3) is 0.688. The number of aromatic nitrogens is 2. The van der Waals surface area contributed by atoms with Crippen molar-refractivity contribution in [2.75, 3.05) is 26.2 Å². The predicted octanol–water partition coefficient (Wildman–Crippen LogP) is 0.861. The van der Waals surface area contributed by atoms with Crippen molar-refractivity contribution in [2.45, 2.75) is 45.4 Å². The van der Waals surface area contributed by atoms with Crippen LogP contribution in [0.4, 0.5) is 0 Å². The molecule has 1 aromatic heterocycles. The van der Waals surface area contributed by atoms with Crippen molar-refractivity contribution in [2.24, 2.45) is 0 Å². The van der Waals surface area contributed by atoms with E-state index in [0.29, 0.717) is 19.6 Å². The zero-order valence-corrected chi connectivity index (χ0v) is 13.6. The fourth-order valence-electron chi connectivity index (χ4n) is 3.39. The number of hydrogen-bond acceptors (Lipinski definition) is 5. The van der Waals surface area contributed by atoms with E-state index in [0.717, 1.165) is 30.8 Å².